The van der Waals surface area contributed by atoms with Crippen LogP contribution in [0.5, 0.6) is 11.5 Å². The van der Waals surface area contributed by atoms with Gasteiger partial charge in [0.15, 0.2) is 11.5 Å². The summed E-state index contributed by atoms with van der Waals surface area (Å²) in [4.78, 5) is 25.7. The highest BCUT2D eigenvalue weighted by atomic mass is 16.6. The average Bonchev–Trinajstić information content (AvgIpc) is 2.69. The molecule has 3 rings (SSSR count). The Balaban J connectivity index is 1.47. The highest BCUT2D eigenvalue weighted by Gasteiger charge is 2.20. The van der Waals surface area contributed by atoms with Gasteiger partial charge in [0.2, 0.25) is 5.91 Å². The first-order valence-electron chi connectivity index (χ1n) is 9.24. The molecule has 1 aliphatic rings. The van der Waals surface area contributed by atoms with Gasteiger partial charge in [-0.05, 0) is 23.8 Å². The molecule has 0 fully saturated rings. The molecule has 0 bridgehead atoms. The van der Waals surface area contributed by atoms with Crippen LogP contribution in [-0.4, -0.2) is 50.2 Å². The van der Waals surface area contributed by atoms with Gasteiger partial charge in [-0.3, -0.25) is 4.79 Å². The third-order valence-electron chi connectivity index (χ3n) is 4.43. The lowest BCUT2D eigenvalue weighted by Gasteiger charge is -2.26. The molecular formula is C21H25N3O4. The number of nitrogens with one attached hydrogen (secondary N) is 2. The van der Waals surface area contributed by atoms with Gasteiger partial charge in [-0.15, -0.1) is 0 Å². The van der Waals surface area contributed by atoms with Gasteiger partial charge in [-0.2, -0.15) is 0 Å². The maximum absolute atomic E-state index is 12.2. The molecular weight excluding hydrogens is 358 g/mol. The summed E-state index contributed by atoms with van der Waals surface area (Å²) in [5, 5.41) is 5.64. The van der Waals surface area contributed by atoms with E-state index in [4.69, 9.17) is 9.47 Å². The molecule has 0 spiro atoms. The van der Waals surface area contributed by atoms with Crippen molar-refractivity contribution < 1.29 is 19.1 Å². The summed E-state index contributed by atoms with van der Waals surface area (Å²) in [5.41, 5.74) is 1.40. The number of nitrogens with zero attached hydrogens (tertiary/aromatic N) is 1. The Bertz CT molecular complexity index is 838. The smallest absolute Gasteiger partial charge is 0.319 e. The molecule has 0 aliphatic carbocycles. The van der Waals surface area contributed by atoms with E-state index in [1.807, 2.05) is 42.5 Å². The van der Waals surface area contributed by atoms with Crippen molar-refractivity contribution >= 4 is 17.6 Å². The molecule has 2 aromatic carbocycles. The number of hydrogen-bond acceptors (Lipinski definition) is 4. The molecule has 0 saturated carbocycles. The van der Waals surface area contributed by atoms with Gasteiger partial charge in [-0.1, -0.05) is 30.3 Å². The van der Waals surface area contributed by atoms with Gasteiger partial charge < -0.3 is 25.0 Å². The largest absolute Gasteiger partial charge is 0.486 e. The normalized spacial score (nSPS) is 14.9. The van der Waals surface area contributed by atoms with Crippen molar-refractivity contribution in [3.63, 3.8) is 0 Å². The third kappa shape index (κ3) is 5.16. The number of ether oxygens (including phenoxy) is 2. The summed E-state index contributed by atoms with van der Waals surface area (Å²) in [7, 11) is 3.42. The Labute approximate surface area is 164 Å². The number of benzene rings is 2. The lowest BCUT2D eigenvalue weighted by atomic mass is 10.1. The minimum absolute atomic E-state index is 0.0237. The number of urea groups is 1. The Morgan fingerprint density at radius 3 is 2.57 bits per heavy atom. The number of para-hydroxylation sites is 3. The van der Waals surface area contributed by atoms with Crippen molar-refractivity contribution in [1.29, 1.82) is 0 Å². The molecule has 28 heavy (non-hydrogen) atoms. The zero-order chi connectivity index (χ0) is 19.9. The molecule has 2 N–H and O–H groups in total. The average molecular weight is 383 g/mol. The summed E-state index contributed by atoms with van der Waals surface area (Å²) < 4.78 is 11.6. The van der Waals surface area contributed by atoms with Crippen molar-refractivity contribution in [2.75, 3.05) is 32.6 Å². The molecule has 0 unspecified atom stereocenters. The van der Waals surface area contributed by atoms with Crippen LogP contribution in [0, 0.1) is 0 Å². The van der Waals surface area contributed by atoms with Crippen molar-refractivity contribution in [2.24, 2.45) is 0 Å². The van der Waals surface area contributed by atoms with Crippen LogP contribution in [0.1, 0.15) is 12.0 Å². The molecule has 7 nitrogen and oxygen atoms in total. The Morgan fingerprint density at radius 2 is 1.79 bits per heavy atom. The second-order valence-corrected chi connectivity index (χ2v) is 6.79. The number of carbonyl (C=O) groups is 2. The number of fused-ring (bicyclic) bond motifs is 1. The van der Waals surface area contributed by atoms with Crippen LogP contribution in [0.25, 0.3) is 0 Å². The molecule has 0 saturated heterocycles. The van der Waals surface area contributed by atoms with Crippen molar-refractivity contribution in [2.45, 2.75) is 18.9 Å². The fourth-order valence-corrected chi connectivity index (χ4v) is 2.84. The Kier molecular flexibility index (Phi) is 6.37. The third-order valence-corrected chi connectivity index (χ3v) is 4.43. The highest BCUT2D eigenvalue weighted by Crippen LogP contribution is 2.31. The van der Waals surface area contributed by atoms with Crippen LogP contribution >= 0.6 is 0 Å². The fourth-order valence-electron chi connectivity index (χ4n) is 2.84. The van der Waals surface area contributed by atoms with Crippen LogP contribution in [0.15, 0.2) is 48.5 Å². The number of rotatable bonds is 6. The Morgan fingerprint density at radius 1 is 1.07 bits per heavy atom. The summed E-state index contributed by atoms with van der Waals surface area (Å²) in [6.07, 6.45) is 0.749. The van der Waals surface area contributed by atoms with Gasteiger partial charge in [0, 0.05) is 32.7 Å². The number of hydrogen-bond donors (Lipinski definition) is 2. The zero-order valence-electron chi connectivity index (χ0n) is 16.1. The van der Waals surface area contributed by atoms with Crippen molar-refractivity contribution in [1.82, 2.24) is 10.2 Å². The lowest BCUT2D eigenvalue weighted by molar-refractivity contribution is -0.127. The van der Waals surface area contributed by atoms with Gasteiger partial charge >= 0.3 is 6.03 Å². The van der Waals surface area contributed by atoms with E-state index >= 15 is 0 Å². The van der Waals surface area contributed by atoms with Crippen molar-refractivity contribution in [3.8, 4) is 11.5 Å². The van der Waals surface area contributed by atoms with E-state index in [0.717, 1.165) is 17.1 Å². The Hall–Kier alpha value is -3.22. The fraction of sp³-hybridized carbons (Fsp3) is 0.333. The molecule has 1 aliphatic heterocycles. The van der Waals surface area contributed by atoms with Crippen molar-refractivity contribution in [3.05, 3.63) is 54.1 Å². The van der Waals surface area contributed by atoms with Crippen LogP contribution in [0.4, 0.5) is 10.5 Å². The van der Waals surface area contributed by atoms with Gasteiger partial charge in [0.05, 0.1) is 6.42 Å². The zero-order valence-corrected chi connectivity index (χ0v) is 16.1. The van der Waals surface area contributed by atoms with Gasteiger partial charge in [-0.25, -0.2) is 4.79 Å². The highest BCUT2D eigenvalue weighted by molar-refractivity contribution is 5.91. The standard InChI is InChI=1S/C21H25N3O4/c1-24(2)20(25)13-15-7-3-4-8-17(15)23-21(26)22-12-11-16-14-27-18-9-5-6-10-19(18)28-16/h3-10,16H,11-14H2,1-2H3,(H2,22,23,26)/t16-/m1/s1. The molecule has 148 valence electrons. The van der Waals surface area contributed by atoms with E-state index in [-0.39, 0.29) is 24.5 Å². The molecule has 0 aromatic heterocycles. The first-order chi connectivity index (χ1) is 13.5. The minimum Gasteiger partial charge on any atom is -0.486 e. The molecule has 1 atom stereocenters. The summed E-state index contributed by atoms with van der Waals surface area (Å²) >= 11 is 0. The van der Waals surface area contributed by atoms with E-state index < -0.39 is 0 Å². The maximum Gasteiger partial charge on any atom is 0.319 e. The minimum atomic E-state index is -0.318. The lowest BCUT2D eigenvalue weighted by Crippen LogP contribution is -2.36. The van der Waals surface area contributed by atoms with E-state index in [2.05, 4.69) is 10.6 Å². The molecule has 1 heterocycles. The van der Waals surface area contributed by atoms with E-state index in [0.29, 0.717) is 25.3 Å². The predicted octanol–water partition coefficient (Wildman–Crippen LogP) is 2.67. The van der Waals surface area contributed by atoms with Crippen LogP contribution in [0.3, 0.4) is 0 Å². The van der Waals surface area contributed by atoms with E-state index in [1.165, 1.54) is 4.90 Å². The number of likely N-dealkylation sites (N-methyl/N-ethyl adjacent to an activating group) is 1. The molecule has 7 heteroatoms. The van der Waals surface area contributed by atoms with Crippen LogP contribution in [0.2, 0.25) is 0 Å². The second kappa shape index (κ2) is 9.12. The van der Waals surface area contributed by atoms with E-state index in [1.54, 1.807) is 20.2 Å². The number of anilines is 1. The van der Waals surface area contributed by atoms with E-state index in [9.17, 15) is 9.59 Å². The molecule has 3 amide bonds. The van der Waals surface area contributed by atoms with Gasteiger partial charge in [0.25, 0.3) is 0 Å². The number of carbonyl (C=O) groups excluding carboxylic acids is 2. The quantitative estimate of drug-likeness (QED) is 0.804. The molecule has 0 radical (unpaired) electrons. The number of amides is 3. The first kappa shape index (κ1) is 19.5. The first-order valence-corrected chi connectivity index (χ1v) is 9.24. The maximum atomic E-state index is 12.2. The summed E-state index contributed by atoms with van der Waals surface area (Å²) in [6, 6.07) is 14.5. The molecule has 2 aromatic rings. The summed E-state index contributed by atoms with van der Waals surface area (Å²) in [5.74, 6) is 1.44. The predicted molar refractivity (Wildman–Crippen MR) is 107 cm³/mol. The topological polar surface area (TPSA) is 79.9 Å². The SMILES string of the molecule is CN(C)C(=O)Cc1ccccc1NC(=O)NCC[C@@H]1COc2ccccc2O1. The van der Waals surface area contributed by atoms with Crippen LogP contribution in [-0.2, 0) is 11.2 Å². The van der Waals surface area contributed by atoms with Crippen LogP contribution < -0.4 is 20.1 Å². The van der Waals surface area contributed by atoms with Gasteiger partial charge in [0.1, 0.15) is 12.7 Å². The second-order valence-electron chi connectivity index (χ2n) is 6.79. The monoisotopic (exact) mass is 383 g/mol. The summed E-state index contributed by atoms with van der Waals surface area (Å²) in [6.45, 7) is 0.899.